The second-order valence-electron chi connectivity index (χ2n) is 5.80. The molecule has 4 heteroatoms. The van der Waals surface area contributed by atoms with Crippen LogP contribution in [0.25, 0.3) is 0 Å². The Balaban J connectivity index is 2.21. The molecule has 1 aromatic carbocycles. The number of rotatable bonds is 4. The molecule has 0 amide bonds. The molecule has 1 aliphatic heterocycles. The summed E-state index contributed by atoms with van der Waals surface area (Å²) in [5, 5.41) is 0. The van der Waals surface area contributed by atoms with Crippen molar-refractivity contribution in [1.29, 1.82) is 0 Å². The molecule has 0 aliphatic carbocycles. The van der Waals surface area contributed by atoms with Gasteiger partial charge >= 0.3 is 0 Å². The van der Waals surface area contributed by atoms with Gasteiger partial charge < -0.3 is 15.4 Å². The van der Waals surface area contributed by atoms with E-state index in [4.69, 9.17) is 10.5 Å². The Labute approximate surface area is 122 Å². The molecule has 1 heterocycles. The summed E-state index contributed by atoms with van der Waals surface area (Å²) in [6, 6.07) is 6.80. The molecule has 0 spiro atoms. The Morgan fingerprint density at radius 2 is 1.75 bits per heavy atom. The van der Waals surface area contributed by atoms with E-state index in [1.54, 1.807) is 7.11 Å². The molecule has 20 heavy (non-hydrogen) atoms. The monoisotopic (exact) mass is 277 g/mol. The second kappa shape index (κ2) is 6.46. The minimum Gasteiger partial charge on any atom is -0.496 e. The molecule has 0 unspecified atom stereocenters. The van der Waals surface area contributed by atoms with Crippen LogP contribution in [-0.2, 0) is 0 Å². The van der Waals surface area contributed by atoms with Crippen molar-refractivity contribution in [1.82, 2.24) is 4.90 Å². The largest absolute Gasteiger partial charge is 0.496 e. The number of benzene rings is 1. The number of ether oxygens (including phenoxy) is 1. The summed E-state index contributed by atoms with van der Waals surface area (Å²) in [5.41, 5.74) is 8.50. The third kappa shape index (κ3) is 3.07. The topological polar surface area (TPSA) is 41.7 Å². The van der Waals surface area contributed by atoms with Gasteiger partial charge in [-0.2, -0.15) is 0 Å². The maximum absolute atomic E-state index is 6.16. The third-order valence-electron chi connectivity index (χ3n) is 4.10. The molecule has 0 saturated carbocycles. The highest BCUT2D eigenvalue weighted by molar-refractivity contribution is 5.61. The molecule has 2 N–H and O–H groups in total. The summed E-state index contributed by atoms with van der Waals surface area (Å²) in [7, 11) is 1.71. The lowest BCUT2D eigenvalue weighted by Gasteiger charge is -2.39. The zero-order valence-corrected chi connectivity index (χ0v) is 13.1. The summed E-state index contributed by atoms with van der Waals surface area (Å²) >= 11 is 0. The Morgan fingerprint density at radius 1 is 1.10 bits per heavy atom. The van der Waals surface area contributed by atoms with Gasteiger partial charge in [0.05, 0.1) is 7.11 Å². The minimum atomic E-state index is -0.0238. The predicted octanol–water partition coefficient (Wildman–Crippen LogP) is 2.25. The lowest BCUT2D eigenvalue weighted by Crippen LogP contribution is -2.49. The first-order chi connectivity index (χ1) is 9.54. The van der Waals surface area contributed by atoms with Crippen LogP contribution in [-0.4, -0.2) is 44.2 Å². The van der Waals surface area contributed by atoms with Crippen LogP contribution < -0.4 is 15.4 Å². The summed E-state index contributed by atoms with van der Waals surface area (Å²) in [4.78, 5) is 4.95. The first-order valence-electron chi connectivity index (χ1n) is 7.46. The van der Waals surface area contributed by atoms with Crippen LogP contribution in [0.2, 0.25) is 0 Å². The lowest BCUT2D eigenvalue weighted by atomic mass is 10.0. The summed E-state index contributed by atoms with van der Waals surface area (Å²) in [6.07, 6.45) is 0. The van der Waals surface area contributed by atoms with Crippen molar-refractivity contribution in [3.63, 3.8) is 0 Å². The first kappa shape index (κ1) is 15.1. The molecule has 1 aromatic rings. The highest BCUT2D eigenvalue weighted by Gasteiger charge is 2.23. The lowest BCUT2D eigenvalue weighted by molar-refractivity contribution is 0.209. The van der Waals surface area contributed by atoms with Crippen LogP contribution in [0.15, 0.2) is 18.2 Å². The number of nitrogens with two attached hydrogens (primary N) is 1. The van der Waals surface area contributed by atoms with Gasteiger partial charge in [-0.15, -0.1) is 0 Å². The Bertz CT molecular complexity index is 437. The molecule has 1 saturated heterocycles. The van der Waals surface area contributed by atoms with Gasteiger partial charge in [0.15, 0.2) is 0 Å². The highest BCUT2D eigenvalue weighted by atomic mass is 16.5. The van der Waals surface area contributed by atoms with E-state index in [0.29, 0.717) is 6.04 Å². The Kier molecular flexibility index (Phi) is 4.89. The van der Waals surface area contributed by atoms with Gasteiger partial charge in [-0.05, 0) is 32.9 Å². The third-order valence-corrected chi connectivity index (χ3v) is 4.10. The highest BCUT2D eigenvalue weighted by Crippen LogP contribution is 2.34. The van der Waals surface area contributed by atoms with E-state index < -0.39 is 0 Å². The Morgan fingerprint density at radius 3 is 2.25 bits per heavy atom. The summed E-state index contributed by atoms with van der Waals surface area (Å²) < 4.78 is 5.48. The van der Waals surface area contributed by atoms with Crippen molar-refractivity contribution in [2.24, 2.45) is 5.73 Å². The van der Waals surface area contributed by atoms with Crippen molar-refractivity contribution in [2.75, 3.05) is 38.2 Å². The van der Waals surface area contributed by atoms with Crippen molar-refractivity contribution in [2.45, 2.75) is 32.9 Å². The molecule has 2 rings (SSSR count). The molecule has 112 valence electrons. The Hall–Kier alpha value is -1.26. The molecule has 1 fully saturated rings. The quantitative estimate of drug-likeness (QED) is 0.916. The average Bonchev–Trinajstić information content (AvgIpc) is 2.46. The van der Waals surface area contributed by atoms with E-state index in [1.807, 2.05) is 13.0 Å². The number of hydrogen-bond donors (Lipinski definition) is 1. The predicted molar refractivity (Wildman–Crippen MR) is 84.5 cm³/mol. The zero-order valence-electron chi connectivity index (χ0n) is 13.1. The fourth-order valence-corrected chi connectivity index (χ4v) is 2.92. The molecule has 1 aliphatic rings. The van der Waals surface area contributed by atoms with Gasteiger partial charge in [-0.3, -0.25) is 4.90 Å². The van der Waals surface area contributed by atoms with Crippen molar-refractivity contribution < 1.29 is 4.74 Å². The normalized spacial score (nSPS) is 18.4. The first-order valence-corrected chi connectivity index (χ1v) is 7.46. The van der Waals surface area contributed by atoms with Crippen LogP contribution >= 0.6 is 0 Å². The smallest absolute Gasteiger partial charge is 0.125 e. The molecule has 0 radical (unpaired) electrons. The van der Waals surface area contributed by atoms with Crippen LogP contribution in [0.4, 0.5) is 5.69 Å². The number of anilines is 1. The molecule has 0 bridgehead atoms. The maximum atomic E-state index is 6.16. The van der Waals surface area contributed by atoms with Gasteiger partial charge in [0.2, 0.25) is 0 Å². The fraction of sp³-hybridized carbons (Fsp3) is 0.625. The molecule has 1 atom stereocenters. The molecular weight excluding hydrogens is 250 g/mol. The summed E-state index contributed by atoms with van der Waals surface area (Å²) in [6.45, 7) is 10.8. The molecule has 0 aromatic heterocycles. The van der Waals surface area contributed by atoms with E-state index in [2.05, 4.69) is 35.8 Å². The standard InChI is InChI=1S/C16H27N3O/c1-12(2)18-8-10-19(11-9-18)14-6-5-7-15(20-4)16(14)13(3)17/h5-7,12-13H,8-11,17H2,1-4H3/t13-/m1/s1. The number of piperazine rings is 1. The second-order valence-corrected chi connectivity index (χ2v) is 5.80. The number of methoxy groups -OCH3 is 1. The minimum absolute atomic E-state index is 0.0238. The van der Waals surface area contributed by atoms with Gasteiger partial charge in [0.1, 0.15) is 5.75 Å². The van der Waals surface area contributed by atoms with E-state index >= 15 is 0 Å². The van der Waals surface area contributed by atoms with Crippen molar-refractivity contribution in [3.05, 3.63) is 23.8 Å². The SMILES string of the molecule is COc1cccc(N2CCN(C(C)C)CC2)c1[C@@H](C)N. The van der Waals surface area contributed by atoms with Gasteiger partial charge in [0, 0.05) is 49.5 Å². The molecule has 4 nitrogen and oxygen atoms in total. The van der Waals surface area contributed by atoms with Crippen LogP contribution in [0.3, 0.4) is 0 Å². The van der Waals surface area contributed by atoms with Crippen LogP contribution in [0.5, 0.6) is 5.75 Å². The van der Waals surface area contributed by atoms with Crippen LogP contribution in [0.1, 0.15) is 32.4 Å². The zero-order chi connectivity index (χ0) is 14.7. The summed E-state index contributed by atoms with van der Waals surface area (Å²) in [5.74, 6) is 0.892. The molecular formula is C16H27N3O. The van der Waals surface area contributed by atoms with Crippen LogP contribution in [0, 0.1) is 0 Å². The van der Waals surface area contributed by atoms with E-state index in [-0.39, 0.29) is 6.04 Å². The fourth-order valence-electron chi connectivity index (χ4n) is 2.92. The van der Waals surface area contributed by atoms with E-state index in [1.165, 1.54) is 5.69 Å². The van der Waals surface area contributed by atoms with Crippen molar-refractivity contribution >= 4 is 5.69 Å². The van der Waals surface area contributed by atoms with Gasteiger partial charge in [0.25, 0.3) is 0 Å². The average molecular weight is 277 g/mol. The van der Waals surface area contributed by atoms with E-state index in [0.717, 1.165) is 37.5 Å². The number of nitrogens with zero attached hydrogens (tertiary/aromatic N) is 2. The van der Waals surface area contributed by atoms with Crippen molar-refractivity contribution in [3.8, 4) is 5.75 Å². The number of hydrogen-bond acceptors (Lipinski definition) is 4. The van der Waals surface area contributed by atoms with E-state index in [9.17, 15) is 0 Å². The maximum Gasteiger partial charge on any atom is 0.125 e. The van der Waals surface area contributed by atoms with Gasteiger partial charge in [-0.25, -0.2) is 0 Å². The van der Waals surface area contributed by atoms with Gasteiger partial charge in [-0.1, -0.05) is 6.07 Å².